The summed E-state index contributed by atoms with van der Waals surface area (Å²) >= 11 is 0. The summed E-state index contributed by atoms with van der Waals surface area (Å²) in [7, 11) is 2.95. The van der Waals surface area contributed by atoms with Crippen LogP contribution in [-0.4, -0.2) is 73.2 Å². The second kappa shape index (κ2) is 12.5. The Morgan fingerprint density at radius 2 is 1.65 bits per heavy atom. The molecule has 0 bridgehead atoms. The zero-order valence-corrected chi connectivity index (χ0v) is 21.7. The van der Waals surface area contributed by atoms with Crippen LogP contribution in [0, 0.1) is 5.82 Å². The van der Waals surface area contributed by atoms with Crippen molar-refractivity contribution in [3.8, 4) is 0 Å². The number of rotatable bonds is 6. The molecular formula is C27H34FN5O4. The van der Waals surface area contributed by atoms with Gasteiger partial charge in [-0.3, -0.25) is 15.4 Å². The second-order valence-corrected chi connectivity index (χ2v) is 8.46. The monoisotopic (exact) mass is 511 g/mol. The summed E-state index contributed by atoms with van der Waals surface area (Å²) in [5.41, 5.74) is 1.12. The third-order valence-electron chi connectivity index (χ3n) is 6.19. The van der Waals surface area contributed by atoms with Gasteiger partial charge in [-0.15, -0.1) is 0 Å². The molecule has 0 saturated carbocycles. The Kier molecular flexibility index (Phi) is 9.37. The number of methoxy groups -OCH3 is 1. The minimum atomic E-state index is -0.713. The number of para-hydroxylation sites is 1. The number of hydrogen-bond acceptors (Lipinski definition) is 7. The molecule has 10 heteroatoms. The first-order chi connectivity index (χ1) is 17.8. The first-order valence-electron chi connectivity index (χ1n) is 12.3. The minimum Gasteiger partial charge on any atom is -0.465 e. The lowest BCUT2D eigenvalue weighted by atomic mass is 10.1. The van der Waals surface area contributed by atoms with Gasteiger partial charge in [-0.25, -0.2) is 14.2 Å². The number of esters is 1. The Hall–Kier alpha value is -3.76. The van der Waals surface area contributed by atoms with E-state index in [9.17, 15) is 18.8 Å². The van der Waals surface area contributed by atoms with E-state index in [1.54, 1.807) is 16.5 Å². The fraction of sp³-hybridized carbons (Fsp3) is 0.370. The Balaban J connectivity index is 0.00000186. The zero-order valence-electron chi connectivity index (χ0n) is 21.7. The second-order valence-electron chi connectivity index (χ2n) is 8.46. The Morgan fingerprint density at radius 1 is 1.03 bits per heavy atom. The first kappa shape index (κ1) is 27.8. The van der Waals surface area contributed by atoms with Crippen LogP contribution in [0.1, 0.15) is 34.6 Å². The SMILES string of the molecule is CC.COC(=O)c1c(N2CCN(C(=O)c3ccc(F)cc3)CC2)c2ccccc2n(CCN(C)N)c1=O. The maximum atomic E-state index is 13.5. The molecule has 0 aliphatic carbocycles. The molecule has 2 heterocycles. The maximum Gasteiger partial charge on any atom is 0.345 e. The highest BCUT2D eigenvalue weighted by molar-refractivity contribution is 6.05. The van der Waals surface area contributed by atoms with Gasteiger partial charge in [-0.1, -0.05) is 32.0 Å². The van der Waals surface area contributed by atoms with Crippen molar-refractivity contribution >= 4 is 28.5 Å². The molecule has 198 valence electrons. The van der Waals surface area contributed by atoms with Crippen molar-refractivity contribution < 1.29 is 18.7 Å². The summed E-state index contributed by atoms with van der Waals surface area (Å²) < 4.78 is 19.8. The Morgan fingerprint density at radius 3 is 2.24 bits per heavy atom. The summed E-state index contributed by atoms with van der Waals surface area (Å²) in [5, 5.41) is 2.22. The average molecular weight is 512 g/mol. The fourth-order valence-corrected chi connectivity index (χ4v) is 4.39. The highest BCUT2D eigenvalue weighted by Crippen LogP contribution is 2.30. The number of likely N-dealkylation sites (N-methyl/N-ethyl adjacent to an activating group) is 1. The normalized spacial score (nSPS) is 13.4. The molecule has 0 radical (unpaired) electrons. The summed E-state index contributed by atoms with van der Waals surface area (Å²) in [6, 6.07) is 12.8. The number of carbonyl (C=O) groups is 2. The van der Waals surface area contributed by atoms with E-state index in [0.717, 1.165) is 5.39 Å². The average Bonchev–Trinajstić information content (AvgIpc) is 2.92. The molecule has 1 amide bonds. The Bertz CT molecular complexity index is 1300. The van der Waals surface area contributed by atoms with Crippen LogP contribution in [0.5, 0.6) is 0 Å². The van der Waals surface area contributed by atoms with Crippen LogP contribution >= 0.6 is 0 Å². The molecule has 1 aliphatic rings. The molecule has 0 atom stereocenters. The fourth-order valence-electron chi connectivity index (χ4n) is 4.39. The molecule has 1 saturated heterocycles. The van der Waals surface area contributed by atoms with Crippen molar-refractivity contribution in [3.05, 3.63) is 75.8 Å². The van der Waals surface area contributed by atoms with Crippen LogP contribution in [0.2, 0.25) is 0 Å². The lowest BCUT2D eigenvalue weighted by molar-refractivity contribution is 0.0597. The van der Waals surface area contributed by atoms with Crippen LogP contribution in [0.15, 0.2) is 53.3 Å². The molecule has 2 N–H and O–H groups in total. The van der Waals surface area contributed by atoms with Gasteiger partial charge in [0.2, 0.25) is 0 Å². The topological polar surface area (TPSA) is 101 Å². The van der Waals surface area contributed by atoms with Crippen molar-refractivity contribution in [2.45, 2.75) is 20.4 Å². The largest absolute Gasteiger partial charge is 0.465 e. The lowest BCUT2D eigenvalue weighted by Gasteiger charge is -2.37. The summed E-state index contributed by atoms with van der Waals surface area (Å²) in [4.78, 5) is 42.8. The lowest BCUT2D eigenvalue weighted by Crippen LogP contribution is -2.49. The van der Waals surface area contributed by atoms with Crippen LogP contribution in [0.25, 0.3) is 10.9 Å². The van der Waals surface area contributed by atoms with E-state index >= 15 is 0 Å². The van der Waals surface area contributed by atoms with Crippen LogP contribution in [0.4, 0.5) is 10.1 Å². The molecule has 1 aliphatic heterocycles. The molecule has 0 unspecified atom stereocenters. The van der Waals surface area contributed by atoms with Gasteiger partial charge in [-0.2, -0.15) is 0 Å². The molecule has 3 aromatic rings. The molecule has 1 fully saturated rings. The van der Waals surface area contributed by atoms with Crippen molar-refractivity contribution in [1.82, 2.24) is 14.5 Å². The number of aromatic nitrogens is 1. The van der Waals surface area contributed by atoms with Gasteiger partial charge in [0.15, 0.2) is 0 Å². The quantitative estimate of drug-likeness (QED) is 0.309. The molecular weight excluding hydrogens is 477 g/mol. The molecule has 4 rings (SSSR count). The van der Waals surface area contributed by atoms with Crippen LogP contribution in [0.3, 0.4) is 0 Å². The standard InChI is InChI=1S/C25H28FN5O4.C2H6/c1-28(27)11-16-31-20-6-4-3-5-19(20)22(21(24(31)33)25(34)35-2)29-12-14-30(15-13-29)23(32)17-7-9-18(26)10-8-17;1-2/h3-10H,11-16,27H2,1-2H3;1-2H3. The number of nitrogens with zero attached hydrogens (tertiary/aromatic N) is 4. The van der Waals surface area contributed by atoms with Crippen molar-refractivity contribution in [2.75, 3.05) is 51.8 Å². The third-order valence-corrected chi connectivity index (χ3v) is 6.19. The van der Waals surface area contributed by atoms with Crippen LogP contribution < -0.4 is 16.3 Å². The van der Waals surface area contributed by atoms with E-state index in [4.69, 9.17) is 10.6 Å². The third kappa shape index (κ3) is 5.98. The van der Waals surface area contributed by atoms with Gasteiger partial charge in [0.1, 0.15) is 11.4 Å². The predicted octanol–water partition coefficient (Wildman–Crippen LogP) is 2.72. The van der Waals surface area contributed by atoms with Gasteiger partial charge >= 0.3 is 5.97 Å². The number of fused-ring (bicyclic) bond motifs is 1. The van der Waals surface area contributed by atoms with Gasteiger partial charge in [0.25, 0.3) is 11.5 Å². The summed E-state index contributed by atoms with van der Waals surface area (Å²) in [6.45, 7) is 6.30. The summed E-state index contributed by atoms with van der Waals surface area (Å²) in [6.07, 6.45) is 0. The number of pyridine rings is 1. The molecule has 1 aromatic heterocycles. The highest BCUT2D eigenvalue weighted by atomic mass is 19.1. The first-order valence-corrected chi connectivity index (χ1v) is 12.3. The van der Waals surface area contributed by atoms with E-state index in [1.807, 2.05) is 43.0 Å². The van der Waals surface area contributed by atoms with E-state index in [2.05, 4.69) is 0 Å². The number of ether oxygens (including phenoxy) is 1. The predicted molar refractivity (Wildman–Crippen MR) is 142 cm³/mol. The van der Waals surface area contributed by atoms with E-state index < -0.39 is 17.3 Å². The van der Waals surface area contributed by atoms with Crippen molar-refractivity contribution in [2.24, 2.45) is 5.84 Å². The number of anilines is 1. The van der Waals surface area contributed by atoms with Gasteiger partial charge < -0.3 is 19.1 Å². The zero-order chi connectivity index (χ0) is 27.1. The Labute approximate surface area is 215 Å². The smallest absolute Gasteiger partial charge is 0.345 e. The van der Waals surface area contributed by atoms with Crippen LogP contribution in [-0.2, 0) is 11.3 Å². The number of benzene rings is 2. The van der Waals surface area contributed by atoms with Gasteiger partial charge in [-0.05, 0) is 30.3 Å². The van der Waals surface area contributed by atoms with Crippen molar-refractivity contribution in [1.29, 1.82) is 0 Å². The summed E-state index contributed by atoms with van der Waals surface area (Å²) in [5.74, 6) is 4.45. The van der Waals surface area contributed by atoms with E-state index in [1.165, 1.54) is 36.4 Å². The number of hydrazine groups is 1. The number of halogens is 1. The highest BCUT2D eigenvalue weighted by Gasteiger charge is 2.30. The molecule has 9 nitrogen and oxygen atoms in total. The minimum absolute atomic E-state index is 0.0378. The molecule has 37 heavy (non-hydrogen) atoms. The van der Waals surface area contributed by atoms with E-state index in [0.29, 0.717) is 56.0 Å². The number of piperazine rings is 1. The maximum absolute atomic E-state index is 13.5. The molecule has 2 aromatic carbocycles. The number of carbonyl (C=O) groups excluding carboxylic acids is 2. The van der Waals surface area contributed by atoms with Crippen molar-refractivity contribution in [3.63, 3.8) is 0 Å². The number of hydrogen-bond donors (Lipinski definition) is 1. The number of amides is 1. The van der Waals surface area contributed by atoms with Gasteiger partial charge in [0, 0.05) is 57.3 Å². The molecule has 0 spiro atoms. The van der Waals surface area contributed by atoms with Gasteiger partial charge in [0.05, 0.1) is 18.3 Å². The van der Waals surface area contributed by atoms with E-state index in [-0.39, 0.29) is 11.5 Å². The number of nitrogens with two attached hydrogens (primary N) is 1.